The van der Waals surface area contributed by atoms with Crippen molar-refractivity contribution in [3.8, 4) is 11.8 Å². The fraction of sp³-hybridized carbons (Fsp3) is 0.280. The first kappa shape index (κ1) is 21.4. The summed E-state index contributed by atoms with van der Waals surface area (Å²) in [6.45, 7) is 0. The summed E-state index contributed by atoms with van der Waals surface area (Å²) in [5, 5.41) is 0. The van der Waals surface area contributed by atoms with E-state index < -0.39 is 17.4 Å². The van der Waals surface area contributed by atoms with Crippen LogP contribution in [0.25, 0.3) is 0 Å². The molecule has 2 atom stereocenters. The van der Waals surface area contributed by atoms with E-state index in [-0.39, 0.29) is 25.0 Å². The number of hydrogen-bond acceptors (Lipinski definition) is 5. The molecule has 154 valence electrons. The Balaban J connectivity index is 1.75. The van der Waals surface area contributed by atoms with E-state index in [0.29, 0.717) is 0 Å². The largest absolute Gasteiger partial charge is 0.468 e. The molecule has 0 radical (unpaired) electrons. The van der Waals surface area contributed by atoms with Gasteiger partial charge in [-0.2, -0.15) is 0 Å². The molecule has 0 aliphatic carbocycles. The highest BCUT2D eigenvalue weighted by molar-refractivity contribution is 6.00. The molecule has 0 bridgehead atoms. The Morgan fingerprint density at radius 1 is 1.00 bits per heavy atom. The van der Waals surface area contributed by atoms with Gasteiger partial charge < -0.3 is 14.2 Å². The molecule has 1 aliphatic rings. The Morgan fingerprint density at radius 3 is 2.20 bits per heavy atom. The maximum atomic E-state index is 12.6. The lowest BCUT2D eigenvalue weighted by Crippen LogP contribution is -2.40. The average molecular weight is 404 g/mol. The van der Waals surface area contributed by atoms with Crippen LogP contribution >= 0.6 is 0 Å². The molecule has 2 aromatic rings. The van der Waals surface area contributed by atoms with E-state index in [2.05, 4.69) is 11.8 Å². The van der Waals surface area contributed by atoms with Crippen molar-refractivity contribution >= 4 is 11.9 Å². The van der Waals surface area contributed by atoms with E-state index >= 15 is 0 Å². The van der Waals surface area contributed by atoms with Crippen molar-refractivity contribution < 1.29 is 23.8 Å². The van der Waals surface area contributed by atoms with Gasteiger partial charge in [-0.05, 0) is 24.1 Å². The number of epoxide rings is 1. The molecule has 2 aromatic carbocycles. The van der Waals surface area contributed by atoms with E-state index in [4.69, 9.17) is 14.2 Å². The highest BCUT2D eigenvalue weighted by Crippen LogP contribution is 2.40. The number of allylic oxidation sites excluding steroid dienone is 1. The zero-order chi connectivity index (χ0) is 21.4. The van der Waals surface area contributed by atoms with Crippen molar-refractivity contribution in [2.75, 3.05) is 14.2 Å². The quantitative estimate of drug-likeness (QED) is 0.231. The van der Waals surface area contributed by atoms with Gasteiger partial charge in [-0.1, -0.05) is 72.5 Å². The van der Waals surface area contributed by atoms with Crippen molar-refractivity contribution in [3.63, 3.8) is 0 Å². The first-order valence-electron chi connectivity index (χ1n) is 9.68. The fourth-order valence-electron chi connectivity index (χ4n) is 3.26. The smallest absolute Gasteiger partial charge is 0.324 e. The standard InChI is InChI=1S/C25H24O5/c1-28-23(26)25(24(27)29-2,17-9-13-19-11-5-3-6-12-19)18-10-16-21-22(30-21)20-14-7-4-8-15-20/h3-8,10-12,14-16,21-22H,17-18H2,1-2H3/b16-10-/t21-,22-/m1/s1. The van der Waals surface area contributed by atoms with Crippen LogP contribution in [0.5, 0.6) is 0 Å². The maximum Gasteiger partial charge on any atom is 0.324 e. The molecular weight excluding hydrogens is 380 g/mol. The number of hydrogen-bond donors (Lipinski definition) is 0. The molecule has 1 aliphatic heterocycles. The van der Waals surface area contributed by atoms with Crippen molar-refractivity contribution in [1.82, 2.24) is 0 Å². The second-order valence-electron chi connectivity index (χ2n) is 6.97. The molecule has 0 amide bonds. The van der Waals surface area contributed by atoms with E-state index in [9.17, 15) is 9.59 Å². The Morgan fingerprint density at radius 2 is 1.60 bits per heavy atom. The molecule has 30 heavy (non-hydrogen) atoms. The summed E-state index contributed by atoms with van der Waals surface area (Å²) in [6.07, 6.45) is 3.63. The van der Waals surface area contributed by atoms with Crippen LogP contribution in [0.3, 0.4) is 0 Å². The molecule has 0 saturated carbocycles. The van der Waals surface area contributed by atoms with E-state index in [1.165, 1.54) is 14.2 Å². The van der Waals surface area contributed by atoms with Crippen LogP contribution in [0.1, 0.15) is 30.1 Å². The lowest BCUT2D eigenvalue weighted by atomic mass is 9.81. The molecule has 1 saturated heterocycles. The number of carbonyl (C=O) groups excluding carboxylic acids is 2. The van der Waals surface area contributed by atoms with Crippen LogP contribution in [-0.4, -0.2) is 32.3 Å². The third-order valence-electron chi connectivity index (χ3n) is 4.99. The monoisotopic (exact) mass is 404 g/mol. The molecule has 5 heteroatoms. The number of methoxy groups -OCH3 is 2. The van der Waals surface area contributed by atoms with Gasteiger partial charge in [0, 0.05) is 12.0 Å². The van der Waals surface area contributed by atoms with Gasteiger partial charge in [0.25, 0.3) is 0 Å². The first-order valence-corrected chi connectivity index (χ1v) is 9.68. The zero-order valence-corrected chi connectivity index (χ0v) is 17.0. The molecule has 0 spiro atoms. The summed E-state index contributed by atoms with van der Waals surface area (Å²) in [7, 11) is 2.51. The topological polar surface area (TPSA) is 65.1 Å². The summed E-state index contributed by atoms with van der Waals surface area (Å²) in [4.78, 5) is 25.2. The molecular formula is C25H24O5. The van der Waals surface area contributed by atoms with Crippen LogP contribution in [0.15, 0.2) is 72.8 Å². The third-order valence-corrected chi connectivity index (χ3v) is 4.99. The van der Waals surface area contributed by atoms with Gasteiger partial charge in [-0.15, -0.1) is 0 Å². The number of esters is 2. The van der Waals surface area contributed by atoms with Crippen LogP contribution in [0.2, 0.25) is 0 Å². The third kappa shape index (κ3) is 4.97. The number of carbonyl (C=O) groups is 2. The van der Waals surface area contributed by atoms with Gasteiger partial charge in [-0.25, -0.2) is 0 Å². The molecule has 0 aromatic heterocycles. The van der Waals surface area contributed by atoms with Crippen LogP contribution in [0.4, 0.5) is 0 Å². The van der Waals surface area contributed by atoms with E-state index in [0.717, 1.165) is 11.1 Å². The Bertz CT molecular complexity index is 937. The minimum Gasteiger partial charge on any atom is -0.468 e. The number of benzene rings is 2. The Kier molecular flexibility index (Phi) is 7.05. The first-order chi connectivity index (χ1) is 14.6. The number of rotatable bonds is 7. The minimum atomic E-state index is -1.53. The maximum absolute atomic E-state index is 12.6. The summed E-state index contributed by atoms with van der Waals surface area (Å²) in [5.41, 5.74) is 0.362. The summed E-state index contributed by atoms with van der Waals surface area (Å²) in [6, 6.07) is 19.2. The molecule has 5 nitrogen and oxygen atoms in total. The van der Waals surface area contributed by atoms with Crippen LogP contribution in [-0.2, 0) is 23.8 Å². The van der Waals surface area contributed by atoms with E-state index in [1.807, 2.05) is 66.7 Å². The average Bonchev–Trinajstić information content (AvgIpc) is 3.57. The lowest BCUT2D eigenvalue weighted by Gasteiger charge is -2.24. The molecule has 0 N–H and O–H groups in total. The van der Waals surface area contributed by atoms with Crippen LogP contribution in [0, 0.1) is 17.3 Å². The molecule has 0 unspecified atom stereocenters. The van der Waals surface area contributed by atoms with Gasteiger partial charge in [0.2, 0.25) is 0 Å². The summed E-state index contributed by atoms with van der Waals surface area (Å²) in [5.74, 6) is 4.59. The van der Waals surface area contributed by atoms with Gasteiger partial charge >= 0.3 is 11.9 Å². The lowest BCUT2D eigenvalue weighted by molar-refractivity contribution is -0.168. The summed E-state index contributed by atoms with van der Waals surface area (Å²) < 4.78 is 15.5. The van der Waals surface area contributed by atoms with Gasteiger partial charge in [0.05, 0.1) is 14.2 Å². The zero-order valence-electron chi connectivity index (χ0n) is 17.0. The van der Waals surface area contributed by atoms with Crippen molar-refractivity contribution in [2.45, 2.75) is 25.0 Å². The van der Waals surface area contributed by atoms with Crippen molar-refractivity contribution in [1.29, 1.82) is 0 Å². The SMILES string of the molecule is COC(=O)C(CC#Cc1ccccc1)(C/C=C\[C@H]1O[C@@H]1c1ccccc1)C(=O)OC. The second-order valence-corrected chi connectivity index (χ2v) is 6.97. The highest BCUT2D eigenvalue weighted by atomic mass is 16.6. The second kappa shape index (κ2) is 9.91. The Labute approximate surface area is 176 Å². The minimum absolute atomic E-state index is 0.00836. The predicted molar refractivity (Wildman–Crippen MR) is 112 cm³/mol. The Hall–Kier alpha value is -3.36. The number of ether oxygens (including phenoxy) is 3. The molecule has 3 rings (SSSR count). The van der Waals surface area contributed by atoms with Crippen LogP contribution < -0.4 is 0 Å². The van der Waals surface area contributed by atoms with E-state index in [1.54, 1.807) is 6.08 Å². The van der Waals surface area contributed by atoms with Crippen molar-refractivity contribution in [2.24, 2.45) is 5.41 Å². The van der Waals surface area contributed by atoms with Crippen molar-refractivity contribution in [3.05, 3.63) is 83.9 Å². The predicted octanol–water partition coefficient (Wildman–Crippen LogP) is 3.85. The highest BCUT2D eigenvalue weighted by Gasteiger charge is 2.47. The van der Waals surface area contributed by atoms with Gasteiger partial charge in [0.15, 0.2) is 5.41 Å². The van der Waals surface area contributed by atoms with Gasteiger partial charge in [0.1, 0.15) is 12.2 Å². The summed E-state index contributed by atoms with van der Waals surface area (Å²) >= 11 is 0. The fourth-order valence-corrected chi connectivity index (χ4v) is 3.26. The normalized spacial score (nSPS) is 17.7. The molecule has 1 fully saturated rings. The molecule has 1 heterocycles. The van der Waals surface area contributed by atoms with Gasteiger partial charge in [-0.3, -0.25) is 9.59 Å².